The van der Waals surface area contributed by atoms with E-state index < -0.39 is 12.0 Å². The molecule has 1 aliphatic rings. The molecule has 0 saturated carbocycles. The van der Waals surface area contributed by atoms with Crippen molar-refractivity contribution in [1.82, 2.24) is 4.98 Å². The van der Waals surface area contributed by atoms with E-state index in [-0.39, 0.29) is 25.6 Å². The number of nitrogens with two attached hydrogens (primary N) is 1. The molecule has 0 fully saturated rings. The van der Waals surface area contributed by atoms with Crippen LogP contribution in [0.1, 0.15) is 28.5 Å². The molecule has 0 spiro atoms. The van der Waals surface area contributed by atoms with Gasteiger partial charge in [0.2, 0.25) is 12.6 Å². The van der Waals surface area contributed by atoms with E-state index >= 15 is 0 Å². The molecule has 2 aromatic carbocycles. The molecule has 1 unspecified atom stereocenters. The first-order valence-corrected chi connectivity index (χ1v) is 9.04. The number of H-pyrrole nitrogens is 1. The van der Waals surface area contributed by atoms with Gasteiger partial charge in [-0.25, -0.2) is 0 Å². The van der Waals surface area contributed by atoms with E-state index in [9.17, 15) is 9.59 Å². The number of aromatic amines is 1. The molecule has 2 heterocycles. The van der Waals surface area contributed by atoms with Crippen molar-refractivity contribution >= 4 is 22.7 Å². The van der Waals surface area contributed by atoms with Crippen LogP contribution in [-0.4, -0.2) is 36.2 Å². The third-order valence-electron chi connectivity index (χ3n) is 4.69. The largest absolute Gasteiger partial charge is 0.465 e. The molecular weight excluding hydrogens is 360 g/mol. The van der Waals surface area contributed by atoms with E-state index in [4.69, 9.17) is 19.9 Å². The van der Waals surface area contributed by atoms with Crippen molar-refractivity contribution in [3.8, 4) is 11.5 Å². The van der Waals surface area contributed by atoms with Crippen molar-refractivity contribution in [3.63, 3.8) is 0 Å². The maximum Gasteiger partial charge on any atom is 0.323 e. The summed E-state index contributed by atoms with van der Waals surface area (Å²) < 4.78 is 15.7. The van der Waals surface area contributed by atoms with Gasteiger partial charge in [-0.1, -0.05) is 18.2 Å². The highest BCUT2D eigenvalue weighted by Gasteiger charge is 2.25. The minimum Gasteiger partial charge on any atom is -0.465 e. The summed E-state index contributed by atoms with van der Waals surface area (Å²) in [7, 11) is 0. The molecular formula is C21H20N2O5. The summed E-state index contributed by atoms with van der Waals surface area (Å²) in [6.45, 7) is 2.12. The first kappa shape index (κ1) is 18.1. The molecule has 0 amide bonds. The SMILES string of the molecule is CCOC(=O)C(N)Cc1c(C(=O)c2ccc3c(c2)OCO3)[nH]c2ccccc12. The maximum absolute atomic E-state index is 13.2. The van der Waals surface area contributed by atoms with Crippen LogP contribution >= 0.6 is 0 Å². The van der Waals surface area contributed by atoms with Crippen molar-refractivity contribution in [3.05, 3.63) is 59.3 Å². The Morgan fingerprint density at radius 1 is 1.18 bits per heavy atom. The first-order chi connectivity index (χ1) is 13.6. The van der Waals surface area contributed by atoms with E-state index in [1.54, 1.807) is 25.1 Å². The number of hydrogen-bond donors (Lipinski definition) is 2. The Bertz CT molecular complexity index is 1060. The average Bonchev–Trinajstić information content (AvgIpc) is 3.32. The van der Waals surface area contributed by atoms with Crippen LogP contribution in [0.25, 0.3) is 10.9 Å². The van der Waals surface area contributed by atoms with Gasteiger partial charge in [-0.2, -0.15) is 0 Å². The second-order valence-electron chi connectivity index (χ2n) is 6.48. The molecule has 7 nitrogen and oxygen atoms in total. The zero-order valence-corrected chi connectivity index (χ0v) is 15.4. The average molecular weight is 380 g/mol. The van der Waals surface area contributed by atoms with Gasteiger partial charge in [-0.05, 0) is 36.8 Å². The molecule has 0 radical (unpaired) electrons. The number of hydrogen-bond acceptors (Lipinski definition) is 6. The Morgan fingerprint density at radius 3 is 2.79 bits per heavy atom. The number of para-hydroxylation sites is 1. The molecule has 0 saturated heterocycles. The lowest BCUT2D eigenvalue weighted by Gasteiger charge is -2.11. The summed E-state index contributed by atoms with van der Waals surface area (Å²) in [5.74, 6) is 0.444. The number of fused-ring (bicyclic) bond motifs is 2. The van der Waals surface area contributed by atoms with Gasteiger partial charge in [0.05, 0.1) is 12.3 Å². The molecule has 1 aromatic heterocycles. The number of ketones is 1. The predicted molar refractivity (Wildman–Crippen MR) is 103 cm³/mol. The van der Waals surface area contributed by atoms with Gasteiger partial charge in [-0.3, -0.25) is 9.59 Å². The number of esters is 1. The highest BCUT2D eigenvalue weighted by Crippen LogP contribution is 2.34. The predicted octanol–water partition coefficient (Wildman–Crippen LogP) is 2.56. The molecule has 3 aromatic rings. The smallest absolute Gasteiger partial charge is 0.323 e. The second-order valence-corrected chi connectivity index (χ2v) is 6.48. The Balaban J connectivity index is 1.74. The topological polar surface area (TPSA) is 104 Å². The normalized spacial score (nSPS) is 13.5. The van der Waals surface area contributed by atoms with Gasteiger partial charge in [0.1, 0.15) is 6.04 Å². The van der Waals surface area contributed by atoms with Gasteiger partial charge >= 0.3 is 5.97 Å². The van der Waals surface area contributed by atoms with Crippen LogP contribution in [0.4, 0.5) is 0 Å². The third kappa shape index (κ3) is 3.20. The van der Waals surface area contributed by atoms with Crippen molar-refractivity contribution in [2.75, 3.05) is 13.4 Å². The Labute approximate surface area is 161 Å². The molecule has 3 N–H and O–H groups in total. The first-order valence-electron chi connectivity index (χ1n) is 9.04. The fourth-order valence-corrected chi connectivity index (χ4v) is 3.34. The van der Waals surface area contributed by atoms with Crippen molar-refractivity contribution in [2.45, 2.75) is 19.4 Å². The quantitative estimate of drug-likeness (QED) is 0.503. The fraction of sp³-hybridized carbons (Fsp3) is 0.238. The van der Waals surface area contributed by atoms with Crippen LogP contribution in [0.2, 0.25) is 0 Å². The van der Waals surface area contributed by atoms with E-state index in [0.717, 1.165) is 10.9 Å². The van der Waals surface area contributed by atoms with Crippen LogP contribution in [-0.2, 0) is 16.0 Å². The zero-order chi connectivity index (χ0) is 19.7. The molecule has 1 aliphatic heterocycles. The Hall–Kier alpha value is -3.32. The fourth-order valence-electron chi connectivity index (χ4n) is 3.34. The van der Waals surface area contributed by atoms with Crippen LogP contribution in [0.3, 0.4) is 0 Å². The summed E-state index contributed by atoms with van der Waals surface area (Å²) in [5.41, 5.74) is 8.39. The summed E-state index contributed by atoms with van der Waals surface area (Å²) in [6, 6.07) is 11.7. The van der Waals surface area contributed by atoms with E-state index in [0.29, 0.717) is 28.3 Å². The zero-order valence-electron chi connectivity index (χ0n) is 15.4. The molecule has 144 valence electrons. The molecule has 1 atom stereocenters. The molecule has 0 bridgehead atoms. The lowest BCUT2D eigenvalue weighted by atomic mass is 9.98. The van der Waals surface area contributed by atoms with Crippen molar-refractivity contribution in [2.24, 2.45) is 5.73 Å². The maximum atomic E-state index is 13.2. The van der Waals surface area contributed by atoms with Crippen molar-refractivity contribution in [1.29, 1.82) is 0 Å². The van der Waals surface area contributed by atoms with E-state index in [2.05, 4.69) is 4.98 Å². The van der Waals surface area contributed by atoms with Crippen LogP contribution in [0.5, 0.6) is 11.5 Å². The van der Waals surface area contributed by atoms with Gasteiger partial charge in [0, 0.05) is 22.9 Å². The molecule has 7 heteroatoms. The van der Waals surface area contributed by atoms with E-state index in [1.807, 2.05) is 24.3 Å². The minimum atomic E-state index is -0.859. The van der Waals surface area contributed by atoms with Gasteiger partial charge < -0.3 is 24.9 Å². The molecule has 28 heavy (non-hydrogen) atoms. The Kier molecular flexibility index (Phi) is 4.75. The van der Waals surface area contributed by atoms with Crippen LogP contribution in [0.15, 0.2) is 42.5 Å². The highest BCUT2D eigenvalue weighted by molar-refractivity contribution is 6.12. The summed E-state index contributed by atoms with van der Waals surface area (Å²) >= 11 is 0. The van der Waals surface area contributed by atoms with Gasteiger partial charge in [0.25, 0.3) is 0 Å². The summed E-state index contributed by atoms with van der Waals surface area (Å²) in [5, 5.41) is 0.853. The number of ether oxygens (including phenoxy) is 3. The minimum absolute atomic E-state index is 0.138. The summed E-state index contributed by atoms with van der Waals surface area (Å²) in [6.07, 6.45) is 0.189. The highest BCUT2D eigenvalue weighted by atomic mass is 16.7. The third-order valence-corrected chi connectivity index (χ3v) is 4.69. The Morgan fingerprint density at radius 2 is 1.96 bits per heavy atom. The lowest BCUT2D eigenvalue weighted by molar-refractivity contribution is -0.144. The van der Waals surface area contributed by atoms with E-state index in [1.165, 1.54) is 0 Å². The van der Waals surface area contributed by atoms with Gasteiger partial charge in [-0.15, -0.1) is 0 Å². The summed E-state index contributed by atoms with van der Waals surface area (Å²) in [4.78, 5) is 28.4. The monoisotopic (exact) mass is 380 g/mol. The van der Waals surface area contributed by atoms with Crippen LogP contribution in [0, 0.1) is 0 Å². The number of aromatic nitrogens is 1. The van der Waals surface area contributed by atoms with Crippen molar-refractivity contribution < 1.29 is 23.8 Å². The second kappa shape index (κ2) is 7.36. The van der Waals surface area contributed by atoms with Gasteiger partial charge in [0.15, 0.2) is 11.5 Å². The number of nitrogens with one attached hydrogen (secondary N) is 1. The standard InChI is InChI=1S/C21H20N2O5/c1-2-26-21(25)15(22)10-14-13-5-3-4-6-16(13)23-19(14)20(24)12-7-8-17-18(9-12)28-11-27-17/h3-9,15,23H,2,10-11,22H2,1H3. The number of benzene rings is 2. The molecule has 0 aliphatic carbocycles. The molecule has 4 rings (SSSR count). The lowest BCUT2D eigenvalue weighted by Crippen LogP contribution is -2.34. The number of carbonyl (C=O) groups is 2. The number of rotatable bonds is 6. The number of carbonyl (C=O) groups excluding carboxylic acids is 2. The van der Waals surface area contributed by atoms with Crippen LogP contribution < -0.4 is 15.2 Å².